The Labute approximate surface area is 285 Å². The first-order valence-electron chi connectivity index (χ1n) is 16.5. The number of nitrogens with zero attached hydrogens (tertiary/aromatic N) is 3. The van der Waals surface area contributed by atoms with Gasteiger partial charge in [-0.3, -0.25) is 0 Å². The van der Waals surface area contributed by atoms with Crippen molar-refractivity contribution in [3.05, 3.63) is 156 Å². The minimum atomic E-state index is -0.209. The molecule has 8 rings (SSSR count). The van der Waals surface area contributed by atoms with E-state index in [1.165, 1.54) is 48.0 Å². The minimum absolute atomic E-state index is 0.209. The van der Waals surface area contributed by atoms with E-state index >= 15 is 0 Å². The zero-order valence-corrected chi connectivity index (χ0v) is 28.8. The van der Waals surface area contributed by atoms with E-state index in [-0.39, 0.29) is 5.41 Å². The third kappa shape index (κ3) is 4.47. The first-order chi connectivity index (χ1) is 23.3. The van der Waals surface area contributed by atoms with Gasteiger partial charge in [-0.25, -0.2) is 9.97 Å². The molecule has 0 aliphatic carbocycles. The number of hydrogen-bond donors (Lipinski definition) is 0. The van der Waals surface area contributed by atoms with Gasteiger partial charge in [0.1, 0.15) is 4.83 Å². The van der Waals surface area contributed by atoms with Crippen molar-refractivity contribution in [3.63, 3.8) is 0 Å². The van der Waals surface area contributed by atoms with E-state index in [0.29, 0.717) is 0 Å². The van der Waals surface area contributed by atoms with Gasteiger partial charge in [0, 0.05) is 42.8 Å². The largest absolute Gasteiger partial charge is 0.300 e. The number of rotatable bonds is 6. The summed E-state index contributed by atoms with van der Waals surface area (Å²) in [6.07, 6.45) is 12.2. The summed E-state index contributed by atoms with van der Waals surface area (Å²) in [7, 11) is 0. The summed E-state index contributed by atoms with van der Waals surface area (Å²) in [6, 6.07) is 30.9. The molecule has 7 aromatic rings. The lowest BCUT2D eigenvalue weighted by Crippen LogP contribution is -2.26. The summed E-state index contributed by atoms with van der Waals surface area (Å²) >= 11 is 1.89. The van der Waals surface area contributed by atoms with Gasteiger partial charge in [-0.2, -0.15) is 0 Å². The van der Waals surface area contributed by atoms with Crippen LogP contribution in [0.15, 0.2) is 139 Å². The summed E-state index contributed by atoms with van der Waals surface area (Å²) in [4.78, 5) is 11.7. The van der Waals surface area contributed by atoms with E-state index in [0.717, 1.165) is 44.7 Å². The molecule has 4 aromatic carbocycles. The average molecular weight is 640 g/mol. The molecule has 4 heteroatoms. The van der Waals surface area contributed by atoms with Gasteiger partial charge in [-0.15, -0.1) is 11.3 Å². The maximum atomic E-state index is 5.31. The van der Waals surface area contributed by atoms with Crippen molar-refractivity contribution in [2.45, 2.75) is 40.0 Å². The predicted octanol–water partition coefficient (Wildman–Crippen LogP) is 12.3. The minimum Gasteiger partial charge on any atom is -0.300 e. The number of aromatic nitrogens is 3. The van der Waals surface area contributed by atoms with Crippen LogP contribution in [0.3, 0.4) is 0 Å². The summed E-state index contributed by atoms with van der Waals surface area (Å²) in [5.41, 5.74) is 11.2. The van der Waals surface area contributed by atoms with Crippen molar-refractivity contribution in [2.24, 2.45) is 0 Å². The van der Waals surface area contributed by atoms with E-state index in [9.17, 15) is 0 Å². The van der Waals surface area contributed by atoms with Crippen LogP contribution >= 0.6 is 11.3 Å². The zero-order valence-electron chi connectivity index (χ0n) is 28.0. The maximum absolute atomic E-state index is 5.31. The van der Waals surface area contributed by atoms with E-state index in [2.05, 4.69) is 155 Å². The summed E-state index contributed by atoms with van der Waals surface area (Å²) in [5, 5.41) is 5.07. The fourth-order valence-electron chi connectivity index (χ4n) is 7.44. The van der Waals surface area contributed by atoms with Crippen molar-refractivity contribution < 1.29 is 0 Å². The Morgan fingerprint density at radius 2 is 1.60 bits per heavy atom. The van der Waals surface area contributed by atoms with Crippen LogP contribution < -0.4 is 0 Å². The molecular formula is C44H37N3S. The third-order valence-corrected chi connectivity index (χ3v) is 11.0. The second-order valence-corrected chi connectivity index (χ2v) is 14.0. The standard InChI is InChI=1S/C44H37N3S/c1-7-10-16-28(8-2)27(4)25-29(9-3)42-45-36-21-13-11-17-31(36)40(46-42)30-23-24-37-35(26-30)44(5,6)34-20-15-19-33-39-32-18-12-14-22-38(32)48-43(39)47(37)41(33)34/h7-26H,1H2,2-6H3/b16-10-,27-25+,28-8+,29-9+. The second-order valence-electron chi connectivity index (χ2n) is 13.0. The fourth-order valence-corrected chi connectivity index (χ4v) is 8.68. The van der Waals surface area contributed by atoms with Crippen molar-refractivity contribution in [3.8, 4) is 16.9 Å². The highest BCUT2D eigenvalue weighted by atomic mass is 32.1. The molecule has 0 amide bonds. The monoisotopic (exact) mass is 639 g/mol. The number of para-hydroxylation sites is 2. The zero-order chi connectivity index (χ0) is 33.2. The molecule has 3 nitrogen and oxygen atoms in total. The number of fused-ring (bicyclic) bond motifs is 8. The Morgan fingerprint density at radius 3 is 2.40 bits per heavy atom. The van der Waals surface area contributed by atoms with Gasteiger partial charge in [0.15, 0.2) is 5.82 Å². The van der Waals surface area contributed by atoms with Crippen LogP contribution in [-0.2, 0) is 5.41 Å². The Hall–Kier alpha value is -5.32. The van der Waals surface area contributed by atoms with Crippen LogP contribution in [0.1, 0.15) is 51.6 Å². The quantitative estimate of drug-likeness (QED) is 0.170. The predicted molar refractivity (Wildman–Crippen MR) is 207 cm³/mol. The normalized spacial score (nSPS) is 14.9. The van der Waals surface area contributed by atoms with Gasteiger partial charge < -0.3 is 4.57 Å². The third-order valence-electron chi connectivity index (χ3n) is 9.89. The van der Waals surface area contributed by atoms with Crippen LogP contribution in [0.25, 0.3) is 64.6 Å². The molecule has 1 aliphatic rings. The van der Waals surface area contributed by atoms with Crippen LogP contribution in [0, 0.1) is 0 Å². The van der Waals surface area contributed by atoms with E-state index in [4.69, 9.17) is 9.97 Å². The Kier molecular flexibility index (Phi) is 7.15. The van der Waals surface area contributed by atoms with Gasteiger partial charge in [0.2, 0.25) is 0 Å². The SMILES string of the molecule is C=C\C=C/C(=C\C)C(/C)=C/C(=C\C)c1nc(-c2ccc3c(c2)C(C)(C)c2cccc4c5c6ccccc6sc5n-3c24)c2ccccc2n1. The molecule has 48 heavy (non-hydrogen) atoms. The smallest absolute Gasteiger partial charge is 0.160 e. The molecule has 0 atom stereocenters. The van der Waals surface area contributed by atoms with Crippen molar-refractivity contribution >= 4 is 59.0 Å². The second kappa shape index (κ2) is 11.4. The average Bonchev–Trinajstić information content (AvgIpc) is 3.64. The lowest BCUT2D eigenvalue weighted by molar-refractivity contribution is 0.630. The molecule has 0 unspecified atom stereocenters. The highest BCUT2D eigenvalue weighted by Crippen LogP contribution is 2.51. The van der Waals surface area contributed by atoms with E-state index in [1.54, 1.807) is 6.08 Å². The molecule has 0 N–H and O–H groups in total. The van der Waals surface area contributed by atoms with Gasteiger partial charge >= 0.3 is 0 Å². The number of benzene rings is 4. The van der Waals surface area contributed by atoms with Gasteiger partial charge in [0.25, 0.3) is 0 Å². The van der Waals surface area contributed by atoms with Crippen LogP contribution in [0.4, 0.5) is 0 Å². The lowest BCUT2D eigenvalue weighted by Gasteiger charge is -2.35. The highest BCUT2D eigenvalue weighted by molar-refractivity contribution is 7.25. The molecule has 0 radical (unpaired) electrons. The molecule has 4 heterocycles. The maximum Gasteiger partial charge on any atom is 0.160 e. The van der Waals surface area contributed by atoms with Crippen LogP contribution in [0.5, 0.6) is 0 Å². The first-order valence-corrected chi connectivity index (χ1v) is 17.3. The van der Waals surface area contributed by atoms with Gasteiger partial charge in [-0.1, -0.05) is 111 Å². The summed E-state index contributed by atoms with van der Waals surface area (Å²) < 4.78 is 3.84. The van der Waals surface area contributed by atoms with Crippen LogP contribution in [-0.4, -0.2) is 14.5 Å². The Balaban J connectivity index is 1.34. The Morgan fingerprint density at radius 1 is 0.833 bits per heavy atom. The molecule has 0 spiro atoms. The summed E-state index contributed by atoms with van der Waals surface area (Å²) in [5.74, 6) is 0.718. The van der Waals surface area contributed by atoms with Gasteiger partial charge in [-0.05, 0) is 73.4 Å². The Bertz CT molecular complexity index is 2580. The van der Waals surface area contributed by atoms with Crippen LogP contribution in [0.2, 0.25) is 0 Å². The number of allylic oxidation sites excluding steroid dienone is 9. The lowest BCUT2D eigenvalue weighted by atomic mass is 9.74. The van der Waals surface area contributed by atoms with E-state index < -0.39 is 0 Å². The molecule has 1 aliphatic heterocycles. The van der Waals surface area contributed by atoms with E-state index in [1.807, 2.05) is 17.4 Å². The highest BCUT2D eigenvalue weighted by Gasteiger charge is 2.36. The fraction of sp³-hybridized carbons (Fsp3) is 0.136. The van der Waals surface area contributed by atoms with Crippen molar-refractivity contribution in [1.29, 1.82) is 0 Å². The number of thiophene rings is 1. The topological polar surface area (TPSA) is 30.7 Å². The molecule has 0 saturated heterocycles. The number of hydrogen-bond acceptors (Lipinski definition) is 3. The van der Waals surface area contributed by atoms with Crippen molar-refractivity contribution in [2.75, 3.05) is 0 Å². The molecule has 0 saturated carbocycles. The summed E-state index contributed by atoms with van der Waals surface area (Å²) in [6.45, 7) is 14.8. The van der Waals surface area contributed by atoms with Crippen molar-refractivity contribution in [1.82, 2.24) is 14.5 Å². The first kappa shape index (κ1) is 30.0. The molecular weight excluding hydrogens is 603 g/mol. The molecule has 234 valence electrons. The molecule has 3 aromatic heterocycles. The molecule has 0 bridgehead atoms. The molecule has 0 fully saturated rings. The van der Waals surface area contributed by atoms with Gasteiger partial charge in [0.05, 0.1) is 22.4 Å².